The smallest absolute Gasteiger partial charge is 0.187 e. The standard InChI is InChI=1S/C32H60O10/c1-9-13-17-34-21-23-25(35-18-14-10-2)26(36-19-15-11-3)28(37-20-16-12-4)31(39-23)40-24-22(5)38-30(33-8)29-27(24)41-32(6,7)42-29/h22-31H,9-21H2,1-8H3. The minimum Gasteiger partial charge on any atom is -0.379 e. The minimum absolute atomic E-state index is 0.342. The molecule has 3 rings (SSSR count). The van der Waals surface area contributed by atoms with Crippen LogP contribution in [0.15, 0.2) is 0 Å². The van der Waals surface area contributed by atoms with Crippen molar-refractivity contribution in [1.82, 2.24) is 0 Å². The largest absolute Gasteiger partial charge is 0.379 e. The summed E-state index contributed by atoms with van der Waals surface area (Å²) in [6.45, 7) is 17.2. The number of unbranched alkanes of at least 4 members (excludes halogenated alkanes) is 4. The van der Waals surface area contributed by atoms with Crippen molar-refractivity contribution in [2.75, 3.05) is 40.1 Å². The summed E-state index contributed by atoms with van der Waals surface area (Å²) in [6, 6.07) is 0. The molecule has 3 heterocycles. The Hall–Kier alpha value is -0.400. The van der Waals surface area contributed by atoms with Gasteiger partial charge in [-0.05, 0) is 46.5 Å². The predicted octanol–water partition coefficient (Wildman–Crippen LogP) is 5.38. The number of fused-ring (bicyclic) bond motifs is 1. The highest BCUT2D eigenvalue weighted by atomic mass is 16.8. The Morgan fingerprint density at radius 1 is 0.619 bits per heavy atom. The van der Waals surface area contributed by atoms with Crippen molar-refractivity contribution >= 4 is 0 Å². The molecule has 0 aromatic heterocycles. The van der Waals surface area contributed by atoms with Crippen molar-refractivity contribution < 1.29 is 47.4 Å². The lowest BCUT2D eigenvalue weighted by Gasteiger charge is -2.48. The Labute approximate surface area is 254 Å². The van der Waals surface area contributed by atoms with Crippen LogP contribution in [0.1, 0.15) is 99.8 Å². The van der Waals surface area contributed by atoms with Crippen LogP contribution in [0, 0.1) is 0 Å². The molecule has 0 saturated carbocycles. The van der Waals surface area contributed by atoms with E-state index in [0.717, 1.165) is 51.4 Å². The van der Waals surface area contributed by atoms with Crippen LogP contribution in [0.4, 0.5) is 0 Å². The average Bonchev–Trinajstić information content (AvgIpc) is 3.29. The molecule has 0 aromatic rings. The van der Waals surface area contributed by atoms with Gasteiger partial charge in [-0.1, -0.05) is 53.4 Å². The molecule has 42 heavy (non-hydrogen) atoms. The van der Waals surface area contributed by atoms with E-state index in [1.807, 2.05) is 20.8 Å². The third kappa shape index (κ3) is 10.1. The highest BCUT2D eigenvalue weighted by molar-refractivity contribution is 4.98. The van der Waals surface area contributed by atoms with Crippen molar-refractivity contribution in [3.63, 3.8) is 0 Å². The molecule has 3 aliphatic rings. The van der Waals surface area contributed by atoms with Crippen LogP contribution in [-0.2, 0) is 47.4 Å². The van der Waals surface area contributed by atoms with E-state index < -0.39 is 42.8 Å². The molecule has 0 aromatic carbocycles. The number of methoxy groups -OCH3 is 1. The summed E-state index contributed by atoms with van der Waals surface area (Å²) in [4.78, 5) is 0. The van der Waals surface area contributed by atoms with E-state index in [1.165, 1.54) is 0 Å². The number of rotatable bonds is 20. The summed E-state index contributed by atoms with van der Waals surface area (Å²) in [5.41, 5.74) is 0. The molecule has 3 fully saturated rings. The molecule has 3 aliphatic heterocycles. The maximum atomic E-state index is 6.83. The molecule has 10 unspecified atom stereocenters. The lowest BCUT2D eigenvalue weighted by atomic mass is 9.96. The van der Waals surface area contributed by atoms with Crippen LogP contribution < -0.4 is 0 Å². The molecular formula is C32H60O10. The van der Waals surface area contributed by atoms with Crippen LogP contribution in [0.3, 0.4) is 0 Å². The quantitative estimate of drug-likeness (QED) is 0.169. The van der Waals surface area contributed by atoms with Crippen LogP contribution >= 0.6 is 0 Å². The molecule has 0 spiro atoms. The van der Waals surface area contributed by atoms with E-state index in [2.05, 4.69) is 27.7 Å². The molecule has 3 saturated heterocycles. The second-order valence-electron chi connectivity index (χ2n) is 12.1. The Balaban J connectivity index is 1.91. The van der Waals surface area contributed by atoms with Crippen molar-refractivity contribution in [3.05, 3.63) is 0 Å². The van der Waals surface area contributed by atoms with E-state index in [-0.39, 0.29) is 24.4 Å². The molecule has 10 nitrogen and oxygen atoms in total. The molecule has 248 valence electrons. The Morgan fingerprint density at radius 2 is 1.17 bits per heavy atom. The van der Waals surface area contributed by atoms with Gasteiger partial charge < -0.3 is 47.4 Å². The summed E-state index contributed by atoms with van der Waals surface area (Å²) < 4.78 is 63.7. The maximum Gasteiger partial charge on any atom is 0.187 e. The van der Waals surface area contributed by atoms with Gasteiger partial charge in [0.2, 0.25) is 0 Å². The zero-order valence-electron chi connectivity index (χ0n) is 27.5. The van der Waals surface area contributed by atoms with Gasteiger partial charge in [-0.2, -0.15) is 0 Å². The first-order valence-corrected chi connectivity index (χ1v) is 16.6. The molecule has 0 bridgehead atoms. The number of ether oxygens (including phenoxy) is 10. The second-order valence-corrected chi connectivity index (χ2v) is 12.1. The van der Waals surface area contributed by atoms with Gasteiger partial charge in [0.05, 0.1) is 12.7 Å². The van der Waals surface area contributed by atoms with E-state index in [9.17, 15) is 0 Å². The van der Waals surface area contributed by atoms with E-state index in [4.69, 9.17) is 47.4 Å². The zero-order chi connectivity index (χ0) is 30.5. The lowest BCUT2D eigenvalue weighted by Crippen LogP contribution is -2.65. The minimum atomic E-state index is -0.800. The molecule has 0 amide bonds. The SMILES string of the molecule is CCCCOCC1OC(OC2C(C)OC(OC)C3OC(C)(C)OC23)C(OCCCC)C(OCCCC)C1OCCCC. The fourth-order valence-electron chi connectivity index (χ4n) is 5.67. The normalized spacial score (nSPS) is 36.3. The highest BCUT2D eigenvalue weighted by Crippen LogP contribution is 2.40. The Bertz CT molecular complexity index is 723. The van der Waals surface area contributed by atoms with Gasteiger partial charge in [-0.3, -0.25) is 0 Å². The number of hydrogen-bond donors (Lipinski definition) is 0. The van der Waals surface area contributed by atoms with Gasteiger partial charge >= 0.3 is 0 Å². The first-order valence-electron chi connectivity index (χ1n) is 16.6. The molecule has 10 heteroatoms. The van der Waals surface area contributed by atoms with Gasteiger partial charge in [0.1, 0.15) is 42.7 Å². The summed E-state index contributed by atoms with van der Waals surface area (Å²) in [5, 5.41) is 0. The van der Waals surface area contributed by atoms with E-state index in [0.29, 0.717) is 33.0 Å². The lowest BCUT2D eigenvalue weighted by molar-refractivity contribution is -0.356. The van der Waals surface area contributed by atoms with Gasteiger partial charge in [0.25, 0.3) is 0 Å². The fraction of sp³-hybridized carbons (Fsp3) is 1.00. The highest BCUT2D eigenvalue weighted by Gasteiger charge is 2.57. The summed E-state index contributed by atoms with van der Waals surface area (Å²) >= 11 is 0. The van der Waals surface area contributed by atoms with E-state index in [1.54, 1.807) is 7.11 Å². The third-order valence-corrected chi connectivity index (χ3v) is 8.03. The van der Waals surface area contributed by atoms with Crippen LogP contribution in [0.25, 0.3) is 0 Å². The maximum absolute atomic E-state index is 6.83. The van der Waals surface area contributed by atoms with Gasteiger partial charge in [-0.15, -0.1) is 0 Å². The van der Waals surface area contributed by atoms with Crippen LogP contribution in [-0.4, -0.2) is 107 Å². The molecule has 0 N–H and O–H groups in total. The fourth-order valence-corrected chi connectivity index (χ4v) is 5.67. The van der Waals surface area contributed by atoms with Crippen molar-refractivity contribution in [2.45, 2.75) is 167 Å². The predicted molar refractivity (Wildman–Crippen MR) is 158 cm³/mol. The third-order valence-electron chi connectivity index (χ3n) is 8.03. The second kappa shape index (κ2) is 18.5. The average molecular weight is 605 g/mol. The topological polar surface area (TPSA) is 92.3 Å². The molecule has 0 aliphatic carbocycles. The molecule has 10 atom stereocenters. The monoisotopic (exact) mass is 604 g/mol. The number of hydrogen-bond acceptors (Lipinski definition) is 10. The van der Waals surface area contributed by atoms with Crippen molar-refractivity contribution in [2.24, 2.45) is 0 Å². The van der Waals surface area contributed by atoms with Crippen molar-refractivity contribution in [3.8, 4) is 0 Å². The Morgan fingerprint density at radius 3 is 1.76 bits per heavy atom. The molecular weight excluding hydrogens is 544 g/mol. The summed E-state index contributed by atoms with van der Waals surface area (Å²) in [5.74, 6) is -0.800. The molecule has 0 radical (unpaired) electrons. The van der Waals surface area contributed by atoms with Crippen molar-refractivity contribution in [1.29, 1.82) is 0 Å². The summed E-state index contributed by atoms with van der Waals surface area (Å²) in [6.07, 6.45) is 3.34. The van der Waals surface area contributed by atoms with Gasteiger partial charge in [-0.25, -0.2) is 0 Å². The first kappa shape index (κ1) is 36.1. The Kier molecular flexibility index (Phi) is 15.9. The zero-order valence-corrected chi connectivity index (χ0v) is 27.5. The first-order chi connectivity index (χ1) is 20.3. The van der Waals surface area contributed by atoms with E-state index >= 15 is 0 Å². The van der Waals surface area contributed by atoms with Gasteiger partial charge in [0.15, 0.2) is 18.4 Å². The van der Waals surface area contributed by atoms with Crippen LogP contribution in [0.2, 0.25) is 0 Å². The van der Waals surface area contributed by atoms with Crippen LogP contribution in [0.5, 0.6) is 0 Å². The van der Waals surface area contributed by atoms with Gasteiger partial charge in [0, 0.05) is 33.5 Å². The summed E-state index contributed by atoms with van der Waals surface area (Å²) in [7, 11) is 1.62.